The highest BCUT2D eigenvalue weighted by Crippen LogP contribution is 2.34. The molecule has 3 aromatic carbocycles. The zero-order valence-electron chi connectivity index (χ0n) is 16.9. The number of rotatable bonds is 5. The van der Waals surface area contributed by atoms with Crippen molar-refractivity contribution in [3.63, 3.8) is 0 Å². The van der Waals surface area contributed by atoms with E-state index in [0.717, 1.165) is 11.0 Å². The van der Waals surface area contributed by atoms with Crippen molar-refractivity contribution < 1.29 is 18.8 Å². The Morgan fingerprint density at radius 2 is 1.56 bits per heavy atom. The van der Waals surface area contributed by atoms with Crippen LogP contribution in [0.5, 0.6) is 0 Å². The van der Waals surface area contributed by atoms with Crippen LogP contribution in [0.4, 0.5) is 21.5 Å². The zero-order chi connectivity index (χ0) is 22.8. The van der Waals surface area contributed by atoms with Gasteiger partial charge in [0.1, 0.15) is 11.5 Å². The standard InChI is InChI=1S/C24H17ClFN3O3/c1-14(30)27-18-9-11-19(12-10-18)28-22-21(15-5-7-16(25)8-6-15)23(31)29(24(22)32)20-4-2-3-17(26)13-20/h2-13,28H,1H3,(H,27,30). The molecule has 8 heteroatoms. The number of hydrogen-bond acceptors (Lipinski definition) is 4. The summed E-state index contributed by atoms with van der Waals surface area (Å²) in [6.07, 6.45) is 0. The summed E-state index contributed by atoms with van der Waals surface area (Å²) in [4.78, 5) is 38.7. The van der Waals surface area contributed by atoms with Gasteiger partial charge in [0.2, 0.25) is 5.91 Å². The average molecular weight is 450 g/mol. The normalized spacial score (nSPS) is 13.5. The molecule has 1 aliphatic rings. The van der Waals surface area contributed by atoms with Crippen LogP contribution in [-0.2, 0) is 14.4 Å². The minimum absolute atomic E-state index is 0.0499. The molecule has 32 heavy (non-hydrogen) atoms. The largest absolute Gasteiger partial charge is 0.350 e. The lowest BCUT2D eigenvalue weighted by molar-refractivity contribution is -0.120. The van der Waals surface area contributed by atoms with Crippen molar-refractivity contribution in [3.8, 4) is 0 Å². The Balaban J connectivity index is 1.75. The molecule has 0 radical (unpaired) electrons. The maximum absolute atomic E-state index is 13.8. The maximum atomic E-state index is 13.8. The van der Waals surface area contributed by atoms with Crippen molar-refractivity contribution in [2.45, 2.75) is 6.92 Å². The van der Waals surface area contributed by atoms with E-state index in [2.05, 4.69) is 10.6 Å². The van der Waals surface area contributed by atoms with E-state index in [4.69, 9.17) is 11.6 Å². The van der Waals surface area contributed by atoms with E-state index < -0.39 is 17.6 Å². The Kier molecular flexibility index (Phi) is 5.75. The second-order valence-corrected chi connectivity index (χ2v) is 7.50. The first kappa shape index (κ1) is 21.3. The van der Waals surface area contributed by atoms with E-state index in [1.54, 1.807) is 48.5 Å². The predicted molar refractivity (Wildman–Crippen MR) is 122 cm³/mol. The number of benzene rings is 3. The van der Waals surface area contributed by atoms with Gasteiger partial charge in [-0.1, -0.05) is 29.8 Å². The minimum atomic E-state index is -0.614. The SMILES string of the molecule is CC(=O)Nc1ccc(NC2=C(c3ccc(Cl)cc3)C(=O)N(c3cccc(F)c3)C2=O)cc1. The molecule has 0 spiro atoms. The Morgan fingerprint density at radius 1 is 0.906 bits per heavy atom. The van der Waals surface area contributed by atoms with Gasteiger partial charge in [0.25, 0.3) is 11.8 Å². The van der Waals surface area contributed by atoms with Crippen LogP contribution in [0.1, 0.15) is 12.5 Å². The van der Waals surface area contributed by atoms with E-state index in [0.29, 0.717) is 22.0 Å². The van der Waals surface area contributed by atoms with Gasteiger partial charge in [0.05, 0.1) is 11.3 Å². The van der Waals surface area contributed by atoms with E-state index in [1.807, 2.05) is 0 Å². The molecule has 1 aliphatic heterocycles. The van der Waals surface area contributed by atoms with Crippen LogP contribution in [-0.4, -0.2) is 17.7 Å². The lowest BCUT2D eigenvalue weighted by Gasteiger charge is -2.15. The molecule has 0 saturated carbocycles. The Morgan fingerprint density at radius 3 is 2.19 bits per heavy atom. The van der Waals surface area contributed by atoms with Gasteiger partial charge in [-0.15, -0.1) is 0 Å². The Labute approximate surface area is 188 Å². The molecule has 1 heterocycles. The molecule has 0 saturated heterocycles. The fourth-order valence-electron chi connectivity index (χ4n) is 3.36. The van der Waals surface area contributed by atoms with Crippen molar-refractivity contribution in [1.82, 2.24) is 0 Å². The number of anilines is 3. The third-order valence-corrected chi connectivity index (χ3v) is 5.01. The Hall–Kier alpha value is -3.97. The molecule has 0 aliphatic carbocycles. The minimum Gasteiger partial charge on any atom is -0.350 e. The number of carbonyl (C=O) groups excluding carboxylic acids is 3. The summed E-state index contributed by atoms with van der Waals surface area (Å²) in [5, 5.41) is 6.15. The van der Waals surface area contributed by atoms with Gasteiger partial charge in [0.15, 0.2) is 0 Å². The predicted octanol–water partition coefficient (Wildman–Crippen LogP) is 4.83. The first-order chi connectivity index (χ1) is 15.3. The number of carbonyl (C=O) groups is 3. The van der Waals surface area contributed by atoms with Crippen LogP contribution in [0.25, 0.3) is 5.57 Å². The molecule has 0 atom stereocenters. The summed E-state index contributed by atoms with van der Waals surface area (Å²) in [6, 6.07) is 18.5. The first-order valence-corrected chi connectivity index (χ1v) is 10.0. The molecule has 0 unspecified atom stereocenters. The van der Waals surface area contributed by atoms with E-state index >= 15 is 0 Å². The topological polar surface area (TPSA) is 78.5 Å². The molecule has 2 N–H and O–H groups in total. The summed E-state index contributed by atoms with van der Waals surface area (Å²) >= 11 is 5.98. The highest BCUT2D eigenvalue weighted by Gasteiger charge is 2.40. The quantitative estimate of drug-likeness (QED) is 0.547. The number of imide groups is 1. The third kappa shape index (κ3) is 4.24. The smallest absolute Gasteiger partial charge is 0.282 e. The van der Waals surface area contributed by atoms with Crippen LogP contribution in [0, 0.1) is 5.82 Å². The zero-order valence-corrected chi connectivity index (χ0v) is 17.6. The van der Waals surface area contributed by atoms with Crippen molar-refractivity contribution in [3.05, 3.63) is 94.9 Å². The van der Waals surface area contributed by atoms with Crippen molar-refractivity contribution >= 4 is 52.0 Å². The molecule has 3 amide bonds. The Bertz CT molecular complexity index is 1250. The molecule has 4 rings (SSSR count). The number of amides is 3. The molecule has 0 fully saturated rings. The fourth-order valence-corrected chi connectivity index (χ4v) is 3.49. The molecule has 3 aromatic rings. The van der Waals surface area contributed by atoms with Crippen LogP contribution in [0.15, 0.2) is 78.5 Å². The average Bonchev–Trinajstić information content (AvgIpc) is 2.99. The van der Waals surface area contributed by atoms with Gasteiger partial charge in [-0.05, 0) is 60.2 Å². The molecule has 160 valence electrons. The molecular formula is C24H17ClFN3O3. The number of halogens is 2. The van der Waals surface area contributed by atoms with Gasteiger partial charge in [-0.3, -0.25) is 14.4 Å². The van der Waals surface area contributed by atoms with Gasteiger partial charge < -0.3 is 10.6 Å². The van der Waals surface area contributed by atoms with Crippen molar-refractivity contribution in [2.75, 3.05) is 15.5 Å². The van der Waals surface area contributed by atoms with E-state index in [9.17, 15) is 18.8 Å². The van der Waals surface area contributed by atoms with E-state index in [-0.39, 0.29) is 22.9 Å². The monoisotopic (exact) mass is 449 g/mol. The van der Waals surface area contributed by atoms with E-state index in [1.165, 1.54) is 25.1 Å². The van der Waals surface area contributed by atoms with Crippen LogP contribution in [0.2, 0.25) is 5.02 Å². The van der Waals surface area contributed by atoms with Crippen molar-refractivity contribution in [1.29, 1.82) is 0 Å². The highest BCUT2D eigenvalue weighted by molar-refractivity contribution is 6.46. The number of nitrogens with zero attached hydrogens (tertiary/aromatic N) is 1. The number of hydrogen-bond donors (Lipinski definition) is 2. The lowest BCUT2D eigenvalue weighted by atomic mass is 10.0. The second kappa shape index (κ2) is 8.64. The van der Waals surface area contributed by atoms with Crippen LogP contribution < -0.4 is 15.5 Å². The second-order valence-electron chi connectivity index (χ2n) is 7.07. The highest BCUT2D eigenvalue weighted by atomic mass is 35.5. The van der Waals surface area contributed by atoms with Gasteiger partial charge >= 0.3 is 0 Å². The molecular weight excluding hydrogens is 433 g/mol. The lowest BCUT2D eigenvalue weighted by Crippen LogP contribution is -2.32. The summed E-state index contributed by atoms with van der Waals surface area (Å²) in [5.41, 5.74) is 1.93. The van der Waals surface area contributed by atoms with Gasteiger partial charge in [0, 0.05) is 23.3 Å². The number of nitrogens with one attached hydrogen (secondary N) is 2. The third-order valence-electron chi connectivity index (χ3n) is 4.76. The van der Waals surface area contributed by atoms with Crippen molar-refractivity contribution in [2.24, 2.45) is 0 Å². The van der Waals surface area contributed by atoms with Gasteiger partial charge in [-0.2, -0.15) is 0 Å². The molecule has 0 aromatic heterocycles. The van der Waals surface area contributed by atoms with Crippen LogP contribution in [0.3, 0.4) is 0 Å². The van der Waals surface area contributed by atoms with Crippen LogP contribution >= 0.6 is 11.6 Å². The van der Waals surface area contributed by atoms with Gasteiger partial charge in [-0.25, -0.2) is 9.29 Å². The summed E-state index contributed by atoms with van der Waals surface area (Å²) in [6.45, 7) is 1.40. The summed E-state index contributed by atoms with van der Waals surface area (Å²) in [7, 11) is 0. The summed E-state index contributed by atoms with van der Waals surface area (Å²) < 4.78 is 13.8. The molecule has 0 bridgehead atoms. The fraction of sp³-hybridized carbons (Fsp3) is 0.0417. The molecule has 6 nitrogen and oxygen atoms in total. The maximum Gasteiger partial charge on any atom is 0.282 e. The first-order valence-electron chi connectivity index (χ1n) is 9.63. The summed E-state index contributed by atoms with van der Waals surface area (Å²) in [5.74, 6) is -1.97.